The molecule has 2 N–H and O–H groups in total. The molecule has 6 nitrogen and oxygen atoms in total. The number of ether oxygens (including phenoxy) is 2. The molecule has 2 aromatic carbocycles. The molecule has 132 valence electrons. The SMILES string of the molecule is COc1ccc(CC(=O)NNC(=O)C(C)Oc2ccc(F)cc2)cc1. The van der Waals surface area contributed by atoms with Crippen LogP contribution in [-0.4, -0.2) is 25.0 Å². The molecule has 2 amide bonds. The number of hydrogen-bond donors (Lipinski definition) is 2. The van der Waals surface area contributed by atoms with Crippen LogP contribution in [0.5, 0.6) is 11.5 Å². The van der Waals surface area contributed by atoms with Crippen molar-refractivity contribution >= 4 is 11.8 Å². The molecular formula is C18H19FN2O4. The first-order valence-corrected chi connectivity index (χ1v) is 7.62. The molecule has 0 fully saturated rings. The Bertz CT molecular complexity index is 717. The van der Waals surface area contributed by atoms with Gasteiger partial charge in [-0.15, -0.1) is 0 Å². The Hall–Kier alpha value is -3.09. The topological polar surface area (TPSA) is 76.7 Å². The van der Waals surface area contributed by atoms with Crippen molar-refractivity contribution in [1.29, 1.82) is 0 Å². The van der Waals surface area contributed by atoms with Crippen molar-refractivity contribution < 1.29 is 23.5 Å². The summed E-state index contributed by atoms with van der Waals surface area (Å²) in [5, 5.41) is 0. The van der Waals surface area contributed by atoms with E-state index in [0.717, 1.165) is 5.56 Å². The van der Waals surface area contributed by atoms with Gasteiger partial charge in [-0.2, -0.15) is 0 Å². The normalized spacial score (nSPS) is 11.3. The second-order valence-electron chi connectivity index (χ2n) is 5.28. The summed E-state index contributed by atoms with van der Waals surface area (Å²) in [4.78, 5) is 23.8. The standard InChI is InChI=1S/C18H19FN2O4/c1-12(25-16-9-5-14(19)6-10-16)18(23)21-20-17(22)11-13-3-7-15(24-2)8-4-13/h3-10,12H,11H2,1-2H3,(H,20,22)(H,21,23). The lowest BCUT2D eigenvalue weighted by Gasteiger charge is -2.15. The van der Waals surface area contributed by atoms with Gasteiger partial charge >= 0.3 is 0 Å². The first kappa shape index (κ1) is 18.3. The fourth-order valence-electron chi connectivity index (χ4n) is 1.98. The minimum atomic E-state index is -0.855. The molecule has 0 bridgehead atoms. The number of hydrazine groups is 1. The zero-order chi connectivity index (χ0) is 18.2. The summed E-state index contributed by atoms with van der Waals surface area (Å²) in [7, 11) is 1.56. The van der Waals surface area contributed by atoms with E-state index in [1.54, 1.807) is 31.4 Å². The van der Waals surface area contributed by atoms with E-state index in [2.05, 4.69) is 10.9 Å². The Kier molecular flexibility index (Phi) is 6.33. The van der Waals surface area contributed by atoms with Crippen molar-refractivity contribution in [1.82, 2.24) is 10.9 Å². The average Bonchev–Trinajstić information content (AvgIpc) is 2.62. The van der Waals surface area contributed by atoms with Crippen molar-refractivity contribution in [3.63, 3.8) is 0 Å². The molecule has 2 rings (SSSR count). The summed E-state index contributed by atoms with van der Waals surface area (Å²) in [6.45, 7) is 1.52. The van der Waals surface area contributed by atoms with Gasteiger partial charge in [0.05, 0.1) is 13.5 Å². The zero-order valence-electron chi connectivity index (χ0n) is 13.9. The zero-order valence-corrected chi connectivity index (χ0v) is 13.9. The van der Waals surface area contributed by atoms with Gasteiger partial charge in [0.25, 0.3) is 5.91 Å². The Morgan fingerprint density at radius 2 is 1.60 bits per heavy atom. The summed E-state index contributed by atoms with van der Waals surface area (Å²) in [6, 6.07) is 12.3. The second-order valence-corrected chi connectivity index (χ2v) is 5.28. The van der Waals surface area contributed by atoms with Crippen LogP contribution in [0.25, 0.3) is 0 Å². The molecule has 0 aliphatic heterocycles. The van der Waals surface area contributed by atoms with Crippen LogP contribution in [0.1, 0.15) is 12.5 Å². The summed E-state index contributed by atoms with van der Waals surface area (Å²) < 4.78 is 23.2. The van der Waals surface area contributed by atoms with Gasteiger partial charge in [-0.3, -0.25) is 20.4 Å². The van der Waals surface area contributed by atoms with Gasteiger partial charge in [0.15, 0.2) is 6.10 Å². The van der Waals surface area contributed by atoms with Gasteiger partial charge in [0, 0.05) is 0 Å². The van der Waals surface area contributed by atoms with Crippen LogP contribution < -0.4 is 20.3 Å². The van der Waals surface area contributed by atoms with E-state index in [-0.39, 0.29) is 12.3 Å². The molecule has 0 saturated carbocycles. The molecule has 0 spiro atoms. The largest absolute Gasteiger partial charge is 0.497 e. The lowest BCUT2D eigenvalue weighted by atomic mass is 10.1. The Morgan fingerprint density at radius 1 is 1.00 bits per heavy atom. The minimum Gasteiger partial charge on any atom is -0.497 e. The average molecular weight is 346 g/mol. The number of rotatable bonds is 6. The summed E-state index contributed by atoms with van der Waals surface area (Å²) in [5.74, 6) is -0.229. The number of amides is 2. The first-order valence-electron chi connectivity index (χ1n) is 7.62. The number of carbonyl (C=O) groups excluding carboxylic acids is 2. The van der Waals surface area contributed by atoms with Crippen molar-refractivity contribution in [2.45, 2.75) is 19.4 Å². The maximum atomic E-state index is 12.8. The Balaban J connectivity index is 1.77. The number of nitrogens with one attached hydrogen (secondary N) is 2. The predicted octanol–water partition coefficient (Wildman–Crippen LogP) is 1.99. The van der Waals surface area contributed by atoms with E-state index in [9.17, 15) is 14.0 Å². The van der Waals surface area contributed by atoms with Gasteiger partial charge < -0.3 is 9.47 Å². The third-order valence-corrected chi connectivity index (χ3v) is 3.34. The molecule has 0 aliphatic carbocycles. The first-order chi connectivity index (χ1) is 12.0. The Labute approximate surface area is 144 Å². The number of carbonyl (C=O) groups is 2. The highest BCUT2D eigenvalue weighted by molar-refractivity contribution is 5.85. The molecule has 1 atom stereocenters. The van der Waals surface area contributed by atoms with Gasteiger partial charge in [0.1, 0.15) is 17.3 Å². The third kappa shape index (κ3) is 5.80. The van der Waals surface area contributed by atoms with Gasteiger partial charge in [-0.05, 0) is 48.9 Å². The van der Waals surface area contributed by atoms with Crippen LogP contribution >= 0.6 is 0 Å². The maximum absolute atomic E-state index is 12.8. The molecule has 0 aromatic heterocycles. The van der Waals surface area contributed by atoms with Crippen LogP contribution in [0.3, 0.4) is 0 Å². The highest BCUT2D eigenvalue weighted by atomic mass is 19.1. The molecule has 7 heteroatoms. The van der Waals surface area contributed by atoms with E-state index in [1.165, 1.54) is 31.2 Å². The van der Waals surface area contributed by atoms with Crippen LogP contribution in [0, 0.1) is 5.82 Å². The number of benzene rings is 2. The smallest absolute Gasteiger partial charge is 0.279 e. The van der Waals surface area contributed by atoms with Crippen LogP contribution in [-0.2, 0) is 16.0 Å². The third-order valence-electron chi connectivity index (χ3n) is 3.34. The molecule has 25 heavy (non-hydrogen) atoms. The van der Waals surface area contributed by atoms with E-state index < -0.39 is 17.8 Å². The fourth-order valence-corrected chi connectivity index (χ4v) is 1.98. The number of hydrogen-bond acceptors (Lipinski definition) is 4. The van der Waals surface area contributed by atoms with Gasteiger partial charge in [-0.1, -0.05) is 12.1 Å². The van der Waals surface area contributed by atoms with Crippen molar-refractivity contribution in [2.24, 2.45) is 0 Å². The van der Waals surface area contributed by atoms with Crippen molar-refractivity contribution in [3.05, 3.63) is 59.9 Å². The monoisotopic (exact) mass is 346 g/mol. The van der Waals surface area contributed by atoms with Gasteiger partial charge in [0.2, 0.25) is 5.91 Å². The highest BCUT2D eigenvalue weighted by Gasteiger charge is 2.15. The minimum absolute atomic E-state index is 0.109. The fraction of sp³-hybridized carbons (Fsp3) is 0.222. The van der Waals surface area contributed by atoms with Crippen molar-refractivity contribution in [3.8, 4) is 11.5 Å². The number of methoxy groups -OCH3 is 1. The lowest BCUT2D eigenvalue weighted by molar-refractivity contribution is -0.132. The van der Waals surface area contributed by atoms with E-state index in [1.807, 2.05) is 0 Å². The lowest BCUT2D eigenvalue weighted by Crippen LogP contribution is -2.47. The molecular weight excluding hydrogens is 327 g/mol. The number of halogens is 1. The van der Waals surface area contributed by atoms with E-state index >= 15 is 0 Å². The van der Waals surface area contributed by atoms with Crippen LogP contribution in [0.4, 0.5) is 4.39 Å². The van der Waals surface area contributed by atoms with E-state index in [0.29, 0.717) is 11.5 Å². The molecule has 0 saturated heterocycles. The quantitative estimate of drug-likeness (QED) is 0.785. The molecule has 1 unspecified atom stereocenters. The summed E-state index contributed by atoms with van der Waals surface area (Å²) >= 11 is 0. The molecule has 0 aliphatic rings. The predicted molar refractivity (Wildman–Crippen MR) is 89.5 cm³/mol. The summed E-state index contributed by atoms with van der Waals surface area (Å²) in [6.07, 6.45) is -0.746. The highest BCUT2D eigenvalue weighted by Crippen LogP contribution is 2.13. The van der Waals surface area contributed by atoms with Crippen LogP contribution in [0.15, 0.2) is 48.5 Å². The summed E-state index contributed by atoms with van der Waals surface area (Å²) in [5.41, 5.74) is 5.40. The van der Waals surface area contributed by atoms with E-state index in [4.69, 9.17) is 9.47 Å². The maximum Gasteiger partial charge on any atom is 0.279 e. The van der Waals surface area contributed by atoms with Crippen molar-refractivity contribution in [2.75, 3.05) is 7.11 Å². The second kappa shape index (κ2) is 8.68. The van der Waals surface area contributed by atoms with Gasteiger partial charge in [-0.25, -0.2) is 4.39 Å². The molecule has 2 aromatic rings. The molecule has 0 heterocycles. The Morgan fingerprint density at radius 3 is 2.20 bits per heavy atom. The molecule has 0 radical (unpaired) electrons. The van der Waals surface area contributed by atoms with Crippen LogP contribution in [0.2, 0.25) is 0 Å².